The van der Waals surface area contributed by atoms with Crippen molar-refractivity contribution in [2.45, 2.75) is 57.2 Å². The molecule has 1 aliphatic heterocycles. The highest BCUT2D eigenvalue weighted by atomic mass is 19.4. The summed E-state index contributed by atoms with van der Waals surface area (Å²) in [5, 5.41) is 23.7. The minimum Gasteiger partial charge on any atom is -0.481 e. The number of rotatable bonds is 6. The Morgan fingerprint density at radius 1 is 1.02 bits per heavy atom. The number of alkyl halides is 5. The van der Waals surface area contributed by atoms with Crippen LogP contribution in [-0.4, -0.2) is 57.3 Å². The molecule has 1 saturated heterocycles. The number of piperidine rings is 1. The highest BCUT2D eigenvalue weighted by Gasteiger charge is 2.39. The van der Waals surface area contributed by atoms with E-state index in [0.29, 0.717) is 18.4 Å². The summed E-state index contributed by atoms with van der Waals surface area (Å²) in [5.74, 6) is -4.75. The first-order valence-electron chi connectivity index (χ1n) is 13.2. The Morgan fingerprint density at radius 3 is 2.21 bits per heavy atom. The first kappa shape index (κ1) is 30.7. The zero-order chi connectivity index (χ0) is 30.7. The van der Waals surface area contributed by atoms with Crippen LogP contribution >= 0.6 is 0 Å². The Bertz CT molecular complexity index is 1400. The van der Waals surface area contributed by atoms with Gasteiger partial charge in [0.15, 0.2) is 0 Å². The molecule has 0 radical (unpaired) electrons. The van der Waals surface area contributed by atoms with Gasteiger partial charge < -0.3 is 25.0 Å². The predicted molar refractivity (Wildman–Crippen MR) is 142 cm³/mol. The molecule has 1 aromatic heterocycles. The molecule has 2 fully saturated rings. The van der Waals surface area contributed by atoms with Gasteiger partial charge in [0.25, 0.3) is 17.8 Å². The third kappa shape index (κ3) is 7.74. The summed E-state index contributed by atoms with van der Waals surface area (Å²) < 4.78 is 74.0. The fraction of sp³-hybridized carbons (Fsp3) is 0.429. The lowest BCUT2D eigenvalue weighted by atomic mass is 10.0. The van der Waals surface area contributed by atoms with Gasteiger partial charge in [-0.2, -0.15) is 18.2 Å². The Morgan fingerprint density at radius 2 is 1.64 bits per heavy atom. The van der Waals surface area contributed by atoms with Crippen LogP contribution in [0.25, 0.3) is 22.8 Å². The minimum atomic E-state index is -4.70. The van der Waals surface area contributed by atoms with Crippen molar-refractivity contribution in [3.05, 3.63) is 48.0 Å². The molecule has 226 valence electrons. The number of aromatic nitrogens is 2. The standard InChI is InChI=1S/C26H25F5N4O3.C2H4O2/c27-25(28)9-11-35(12-10-25)21-8-4-16(14-20(21)26(29,30)31)22-33-23(38-34-22)15-1-5-18(6-2-15)32-19-7-3-17(13-19)24(36)37;1-2(3)4/h1-2,4-6,8,14,17,19,32H,3,7,9-13H2,(H,36,37);1H3,(H,3,4)/t17-,19?;/m0./s1. The van der Waals surface area contributed by atoms with Gasteiger partial charge in [0.2, 0.25) is 5.82 Å². The third-order valence-electron chi connectivity index (χ3n) is 7.11. The van der Waals surface area contributed by atoms with E-state index in [1.165, 1.54) is 17.0 Å². The summed E-state index contributed by atoms with van der Waals surface area (Å²) in [5.41, 5.74) is 0.349. The average molecular weight is 597 g/mol. The number of aliphatic carboxylic acids is 2. The molecule has 0 spiro atoms. The van der Waals surface area contributed by atoms with Crippen molar-refractivity contribution in [2.24, 2.45) is 5.92 Å². The van der Waals surface area contributed by atoms with Gasteiger partial charge in [0.05, 0.1) is 11.5 Å². The summed E-state index contributed by atoms with van der Waals surface area (Å²) in [7, 11) is 0. The molecule has 2 aliphatic rings. The second kappa shape index (κ2) is 12.3. The zero-order valence-electron chi connectivity index (χ0n) is 22.5. The van der Waals surface area contributed by atoms with Crippen molar-refractivity contribution in [3.8, 4) is 22.8 Å². The Hall–Kier alpha value is -4.23. The normalized spacial score (nSPS) is 20.0. The van der Waals surface area contributed by atoms with Crippen LogP contribution in [0.5, 0.6) is 0 Å². The van der Waals surface area contributed by atoms with Crippen molar-refractivity contribution in [2.75, 3.05) is 23.3 Å². The molecule has 1 saturated carbocycles. The van der Waals surface area contributed by atoms with E-state index in [1.54, 1.807) is 24.3 Å². The fourth-order valence-electron chi connectivity index (χ4n) is 4.99. The van der Waals surface area contributed by atoms with Crippen molar-refractivity contribution in [1.29, 1.82) is 0 Å². The van der Waals surface area contributed by atoms with Gasteiger partial charge in [-0.05, 0) is 61.7 Å². The average Bonchev–Trinajstić information content (AvgIpc) is 3.59. The van der Waals surface area contributed by atoms with E-state index >= 15 is 0 Å². The van der Waals surface area contributed by atoms with E-state index in [1.807, 2.05) is 0 Å². The summed E-state index contributed by atoms with van der Waals surface area (Å²) in [6.45, 7) is 0.737. The smallest absolute Gasteiger partial charge is 0.418 e. The number of nitrogens with one attached hydrogen (secondary N) is 1. The molecule has 2 atom stereocenters. The number of anilines is 2. The second-order valence-electron chi connectivity index (χ2n) is 10.3. The number of benzene rings is 2. The minimum absolute atomic E-state index is 0.0323. The van der Waals surface area contributed by atoms with Crippen molar-refractivity contribution >= 4 is 23.3 Å². The lowest BCUT2D eigenvalue weighted by molar-refractivity contribution is -0.141. The number of hydrogen-bond acceptors (Lipinski definition) is 7. The number of halogens is 5. The number of carbonyl (C=O) groups is 2. The monoisotopic (exact) mass is 596 g/mol. The Kier molecular flexibility index (Phi) is 9.02. The van der Waals surface area contributed by atoms with Crippen molar-refractivity contribution < 1.29 is 46.3 Å². The fourth-order valence-corrected chi connectivity index (χ4v) is 4.99. The molecular formula is C28H29F5N4O5. The SMILES string of the molecule is CC(=O)O.O=C(O)[C@H]1CCC(Nc2ccc(-c3nc(-c4ccc(N5CCC(F)(F)CC5)c(C(F)(F)F)c4)no3)cc2)C1. The van der Waals surface area contributed by atoms with Gasteiger partial charge in [-0.25, -0.2) is 8.78 Å². The van der Waals surface area contributed by atoms with Crippen LogP contribution in [-0.2, 0) is 15.8 Å². The number of carboxylic acid groups (broad SMARTS) is 2. The maximum Gasteiger partial charge on any atom is 0.418 e. The first-order valence-corrected chi connectivity index (χ1v) is 13.2. The van der Waals surface area contributed by atoms with Gasteiger partial charge in [-0.3, -0.25) is 9.59 Å². The van der Waals surface area contributed by atoms with E-state index in [9.17, 15) is 26.7 Å². The molecule has 3 aromatic rings. The lowest BCUT2D eigenvalue weighted by Gasteiger charge is -2.34. The molecular weight excluding hydrogens is 567 g/mol. The van der Waals surface area contributed by atoms with Gasteiger partial charge in [0, 0.05) is 61.4 Å². The van der Waals surface area contributed by atoms with Crippen molar-refractivity contribution in [1.82, 2.24) is 10.1 Å². The van der Waals surface area contributed by atoms with Crippen LogP contribution in [0.3, 0.4) is 0 Å². The lowest BCUT2D eigenvalue weighted by Crippen LogP contribution is -2.40. The molecule has 1 aliphatic carbocycles. The highest BCUT2D eigenvalue weighted by Crippen LogP contribution is 2.41. The predicted octanol–water partition coefficient (Wildman–Crippen LogP) is 6.41. The quantitative estimate of drug-likeness (QED) is 0.276. The molecule has 2 aromatic carbocycles. The van der Waals surface area contributed by atoms with Crippen LogP contribution < -0.4 is 10.2 Å². The van der Waals surface area contributed by atoms with Crippen molar-refractivity contribution in [3.63, 3.8) is 0 Å². The summed E-state index contributed by atoms with van der Waals surface area (Å²) in [4.78, 5) is 25.7. The van der Waals surface area contributed by atoms with Gasteiger partial charge in [-0.15, -0.1) is 0 Å². The summed E-state index contributed by atoms with van der Waals surface area (Å²) in [6.07, 6.45) is -3.77. The number of carboxylic acids is 2. The number of hydrogen-bond donors (Lipinski definition) is 3. The van der Waals surface area contributed by atoms with Crippen LogP contribution in [0.15, 0.2) is 47.0 Å². The molecule has 42 heavy (non-hydrogen) atoms. The largest absolute Gasteiger partial charge is 0.481 e. The van der Waals surface area contributed by atoms with Crippen LogP contribution in [0.4, 0.5) is 33.3 Å². The van der Waals surface area contributed by atoms with E-state index in [0.717, 1.165) is 25.1 Å². The molecule has 5 rings (SSSR count). The van der Waals surface area contributed by atoms with Crippen LogP contribution in [0, 0.1) is 5.92 Å². The second-order valence-corrected chi connectivity index (χ2v) is 10.3. The molecule has 0 bridgehead atoms. The molecule has 1 unspecified atom stereocenters. The highest BCUT2D eigenvalue weighted by molar-refractivity contribution is 5.71. The third-order valence-corrected chi connectivity index (χ3v) is 7.11. The molecule has 14 heteroatoms. The molecule has 3 N–H and O–H groups in total. The van der Waals surface area contributed by atoms with Gasteiger partial charge >= 0.3 is 12.1 Å². The molecule has 2 heterocycles. The Labute approximate surface area is 237 Å². The number of nitrogens with zero attached hydrogens (tertiary/aromatic N) is 3. The molecule has 9 nitrogen and oxygen atoms in total. The maximum atomic E-state index is 13.9. The van der Waals surface area contributed by atoms with Gasteiger partial charge in [0.1, 0.15) is 0 Å². The zero-order valence-corrected chi connectivity index (χ0v) is 22.5. The first-order chi connectivity index (χ1) is 19.7. The van der Waals surface area contributed by atoms with Gasteiger partial charge in [-0.1, -0.05) is 5.16 Å². The Balaban J connectivity index is 0.000000952. The van der Waals surface area contributed by atoms with E-state index in [2.05, 4.69) is 15.5 Å². The van der Waals surface area contributed by atoms with E-state index < -0.39 is 42.4 Å². The maximum absolute atomic E-state index is 13.9. The molecule has 0 amide bonds. The van der Waals surface area contributed by atoms with E-state index in [4.69, 9.17) is 19.5 Å². The van der Waals surface area contributed by atoms with Crippen LogP contribution in [0.1, 0.15) is 44.6 Å². The summed E-state index contributed by atoms with van der Waals surface area (Å²) >= 11 is 0. The van der Waals surface area contributed by atoms with Crippen LogP contribution in [0.2, 0.25) is 0 Å². The van der Waals surface area contributed by atoms with E-state index in [-0.39, 0.29) is 48.0 Å². The summed E-state index contributed by atoms with van der Waals surface area (Å²) in [6, 6.07) is 10.7. The topological polar surface area (TPSA) is 129 Å².